The van der Waals surface area contributed by atoms with Crippen LogP contribution in [0.1, 0.15) is 36.6 Å². The van der Waals surface area contributed by atoms with Crippen molar-refractivity contribution >= 4 is 47.0 Å². The first kappa shape index (κ1) is 28.3. The third kappa shape index (κ3) is 6.16. The highest BCUT2D eigenvalue weighted by Crippen LogP contribution is 2.39. The van der Waals surface area contributed by atoms with Crippen LogP contribution in [0.2, 0.25) is 10.0 Å². The predicted octanol–water partition coefficient (Wildman–Crippen LogP) is 3.90. The van der Waals surface area contributed by atoms with Crippen molar-refractivity contribution in [2.24, 2.45) is 5.73 Å². The van der Waals surface area contributed by atoms with E-state index < -0.39 is 29.8 Å². The Hall–Kier alpha value is -4.28. The third-order valence-corrected chi connectivity index (χ3v) is 6.19. The number of amides is 2. The van der Waals surface area contributed by atoms with E-state index >= 15 is 0 Å². The lowest BCUT2D eigenvalue weighted by molar-refractivity contribution is -0.139. The Morgan fingerprint density at radius 3 is 1.84 bits per heavy atom. The Morgan fingerprint density at radius 1 is 0.895 bits per heavy atom. The average molecular weight is 561 g/mol. The summed E-state index contributed by atoms with van der Waals surface area (Å²) in [6, 6.07) is 10.5. The minimum atomic E-state index is -1.35. The van der Waals surface area contributed by atoms with Crippen molar-refractivity contribution in [3.63, 3.8) is 0 Å². The van der Waals surface area contributed by atoms with E-state index in [9.17, 15) is 24.3 Å². The quantitative estimate of drug-likeness (QED) is 0.289. The number of hydrogen-bond donors (Lipinski definition) is 4. The van der Waals surface area contributed by atoms with E-state index in [-0.39, 0.29) is 33.2 Å². The maximum absolute atomic E-state index is 12.8. The fourth-order valence-corrected chi connectivity index (χ4v) is 4.38. The molecule has 0 saturated carbocycles. The first-order valence-corrected chi connectivity index (χ1v) is 11.6. The lowest BCUT2D eigenvalue weighted by atomic mass is 9.97. The van der Waals surface area contributed by atoms with Crippen molar-refractivity contribution in [1.82, 2.24) is 5.32 Å². The molecule has 3 rings (SSSR count). The summed E-state index contributed by atoms with van der Waals surface area (Å²) in [5.74, 6) is -3.40. The average Bonchev–Trinajstić information content (AvgIpc) is 2.87. The Morgan fingerprint density at radius 2 is 1.42 bits per heavy atom. The zero-order valence-corrected chi connectivity index (χ0v) is 21.6. The molecule has 5 N–H and O–H groups in total. The molecule has 0 saturated heterocycles. The maximum Gasteiger partial charge on any atom is 0.335 e. The first-order chi connectivity index (χ1) is 18.0. The van der Waals surface area contributed by atoms with Crippen LogP contribution >= 0.6 is 23.2 Å². The summed E-state index contributed by atoms with van der Waals surface area (Å²) in [5, 5.41) is 20.7. The summed E-state index contributed by atoms with van der Waals surface area (Å²) in [6.45, 7) is 0. The fraction of sp³-hybridized carbons (Fsp3) is 0.154. The van der Waals surface area contributed by atoms with E-state index in [1.54, 1.807) is 24.3 Å². The summed E-state index contributed by atoms with van der Waals surface area (Å²) in [7, 11) is 2.87. The minimum Gasteiger partial charge on any atom is -0.496 e. The van der Waals surface area contributed by atoms with Gasteiger partial charge in [0.2, 0.25) is 5.91 Å². The van der Waals surface area contributed by atoms with Crippen molar-refractivity contribution in [3.8, 4) is 22.6 Å². The molecule has 0 heterocycles. The molecule has 0 unspecified atom stereocenters. The van der Waals surface area contributed by atoms with Gasteiger partial charge in [-0.05, 0) is 35.4 Å². The molecule has 0 aliphatic rings. The molecule has 10 nitrogen and oxygen atoms in total. The Balaban J connectivity index is 1.86. The molecule has 3 aromatic carbocycles. The van der Waals surface area contributed by atoms with Gasteiger partial charge in [-0.3, -0.25) is 9.59 Å². The van der Waals surface area contributed by atoms with Crippen LogP contribution in [0.25, 0.3) is 11.1 Å². The zero-order valence-electron chi connectivity index (χ0n) is 20.1. The molecule has 38 heavy (non-hydrogen) atoms. The van der Waals surface area contributed by atoms with Crippen molar-refractivity contribution in [2.45, 2.75) is 12.5 Å². The lowest BCUT2D eigenvalue weighted by Gasteiger charge is -2.17. The Kier molecular flexibility index (Phi) is 8.82. The second kappa shape index (κ2) is 11.8. The maximum atomic E-state index is 12.8. The molecule has 1 atom stereocenters. The monoisotopic (exact) mass is 560 g/mol. The van der Waals surface area contributed by atoms with Crippen molar-refractivity contribution in [1.29, 1.82) is 0 Å². The largest absolute Gasteiger partial charge is 0.496 e. The summed E-state index contributed by atoms with van der Waals surface area (Å²) >= 11 is 12.1. The van der Waals surface area contributed by atoms with E-state index in [2.05, 4.69) is 5.32 Å². The van der Waals surface area contributed by atoms with Gasteiger partial charge in [0, 0.05) is 12.0 Å². The van der Waals surface area contributed by atoms with Crippen LogP contribution in [0, 0.1) is 0 Å². The minimum absolute atomic E-state index is 0.0846. The van der Waals surface area contributed by atoms with Crippen molar-refractivity contribution in [2.75, 3.05) is 14.2 Å². The zero-order chi connectivity index (χ0) is 28.1. The van der Waals surface area contributed by atoms with Crippen LogP contribution in [0.15, 0.2) is 48.5 Å². The molecule has 0 fully saturated rings. The van der Waals surface area contributed by atoms with Crippen LogP contribution in [-0.2, 0) is 11.2 Å². The van der Waals surface area contributed by atoms with Gasteiger partial charge in [-0.2, -0.15) is 0 Å². The number of hydrogen-bond acceptors (Lipinski definition) is 6. The smallest absolute Gasteiger partial charge is 0.335 e. The normalized spacial score (nSPS) is 11.4. The summed E-state index contributed by atoms with van der Waals surface area (Å²) in [5.41, 5.74) is 6.92. The van der Waals surface area contributed by atoms with Gasteiger partial charge in [0.05, 0.1) is 41.0 Å². The van der Waals surface area contributed by atoms with Gasteiger partial charge in [0.1, 0.15) is 17.5 Å². The fourth-order valence-electron chi connectivity index (χ4n) is 3.73. The number of carbonyl (C=O) groups excluding carboxylic acids is 2. The summed E-state index contributed by atoms with van der Waals surface area (Å²) in [6.07, 6.45) is -0.0846. The van der Waals surface area contributed by atoms with E-state index in [1.165, 1.54) is 26.4 Å². The van der Waals surface area contributed by atoms with Gasteiger partial charge < -0.3 is 30.7 Å². The van der Waals surface area contributed by atoms with Crippen LogP contribution < -0.4 is 20.5 Å². The first-order valence-electron chi connectivity index (χ1n) is 10.9. The van der Waals surface area contributed by atoms with E-state index in [0.717, 1.165) is 12.1 Å². The van der Waals surface area contributed by atoms with Crippen LogP contribution in [0.3, 0.4) is 0 Å². The highest BCUT2D eigenvalue weighted by molar-refractivity contribution is 6.40. The number of halogens is 2. The van der Waals surface area contributed by atoms with E-state index in [0.29, 0.717) is 28.2 Å². The molecule has 3 aromatic rings. The molecule has 0 radical (unpaired) electrons. The van der Waals surface area contributed by atoms with Crippen LogP contribution in [0.5, 0.6) is 11.5 Å². The summed E-state index contributed by atoms with van der Waals surface area (Å²) in [4.78, 5) is 47.5. The number of rotatable bonds is 10. The van der Waals surface area contributed by atoms with Gasteiger partial charge in [0.15, 0.2) is 0 Å². The standard InChI is InChI=1S/C26H22Cl2N2O8/c1-37-19-10-14(23(29)31)11-20(38-2)21(19)13-5-3-12(4-6-13)7-18(26(35)36)30-24(32)22-16(27)8-15(25(33)34)9-17(22)28/h3-6,8-11,18H,7H2,1-2H3,(H2,29,31)(H,30,32)(H,33,34)(H,35,36)/t18-/m0/s1. The number of aromatic carboxylic acids is 1. The summed E-state index contributed by atoms with van der Waals surface area (Å²) < 4.78 is 10.8. The Bertz CT molecular complexity index is 1380. The number of nitrogens with one attached hydrogen (secondary N) is 1. The van der Waals surface area contributed by atoms with Crippen molar-refractivity contribution < 1.29 is 38.9 Å². The Labute approximate surface area is 226 Å². The van der Waals surface area contributed by atoms with Crippen LogP contribution in [0.4, 0.5) is 0 Å². The number of methoxy groups -OCH3 is 2. The number of carboxylic acids is 2. The van der Waals surface area contributed by atoms with E-state index in [4.69, 9.17) is 43.5 Å². The van der Waals surface area contributed by atoms with Gasteiger partial charge in [0.25, 0.3) is 5.91 Å². The number of ether oxygens (including phenoxy) is 2. The number of carbonyl (C=O) groups is 4. The molecular weight excluding hydrogens is 539 g/mol. The van der Waals surface area contributed by atoms with Crippen LogP contribution in [-0.4, -0.2) is 54.2 Å². The number of nitrogens with two attached hydrogens (primary N) is 1. The predicted molar refractivity (Wildman–Crippen MR) is 140 cm³/mol. The molecule has 0 bridgehead atoms. The van der Waals surface area contributed by atoms with E-state index in [1.807, 2.05) is 0 Å². The number of aliphatic carboxylic acids is 1. The van der Waals surface area contributed by atoms with Gasteiger partial charge >= 0.3 is 11.9 Å². The number of primary amides is 1. The van der Waals surface area contributed by atoms with Gasteiger partial charge in [-0.1, -0.05) is 47.5 Å². The van der Waals surface area contributed by atoms with Gasteiger partial charge in [-0.15, -0.1) is 0 Å². The molecule has 198 valence electrons. The SMILES string of the molecule is COc1cc(C(N)=O)cc(OC)c1-c1ccc(C[C@H](NC(=O)c2c(Cl)cc(C(=O)O)cc2Cl)C(=O)O)cc1. The number of benzene rings is 3. The topological polar surface area (TPSA) is 165 Å². The molecule has 2 amide bonds. The molecule has 0 aliphatic carbocycles. The second-order valence-electron chi connectivity index (χ2n) is 8.01. The molecule has 0 aromatic heterocycles. The molecule has 12 heteroatoms. The molecule has 0 spiro atoms. The highest BCUT2D eigenvalue weighted by Gasteiger charge is 2.25. The third-order valence-electron chi connectivity index (χ3n) is 5.59. The molecular formula is C26H22Cl2N2O8. The number of carboxylic acid groups (broad SMARTS) is 2. The highest BCUT2D eigenvalue weighted by atomic mass is 35.5. The lowest BCUT2D eigenvalue weighted by Crippen LogP contribution is -2.42. The van der Waals surface area contributed by atoms with Gasteiger partial charge in [-0.25, -0.2) is 9.59 Å². The van der Waals surface area contributed by atoms with Crippen molar-refractivity contribution in [3.05, 3.63) is 80.8 Å². The second-order valence-corrected chi connectivity index (χ2v) is 8.82. The molecule has 0 aliphatic heterocycles.